The molecule has 0 bridgehead atoms. The van der Waals surface area contributed by atoms with Crippen molar-refractivity contribution in [1.29, 1.82) is 0 Å². The SMILES string of the molecule is CNSNc1cccc(CN2Cc3ccc(OC(=O)N4CC(F)(F)C4)cc3OC2=O)c1F. The first-order chi connectivity index (χ1) is 15.3. The van der Waals surface area contributed by atoms with Crippen LogP contribution in [0.4, 0.5) is 28.4 Å². The Morgan fingerprint density at radius 3 is 2.78 bits per heavy atom. The van der Waals surface area contributed by atoms with Gasteiger partial charge < -0.3 is 14.2 Å². The van der Waals surface area contributed by atoms with Gasteiger partial charge in [-0.1, -0.05) is 12.1 Å². The molecule has 2 aromatic carbocycles. The molecule has 2 heterocycles. The zero-order chi connectivity index (χ0) is 22.9. The molecule has 0 atom stereocenters. The van der Waals surface area contributed by atoms with Crippen LogP contribution in [-0.2, 0) is 13.1 Å². The number of alkyl halides is 2. The van der Waals surface area contributed by atoms with E-state index < -0.39 is 37.0 Å². The number of amides is 2. The van der Waals surface area contributed by atoms with Gasteiger partial charge in [-0.25, -0.2) is 27.5 Å². The molecule has 4 rings (SSSR count). The van der Waals surface area contributed by atoms with Crippen LogP contribution in [-0.4, -0.2) is 48.0 Å². The van der Waals surface area contributed by atoms with Crippen molar-refractivity contribution >= 4 is 30.0 Å². The largest absolute Gasteiger partial charge is 0.415 e. The van der Waals surface area contributed by atoms with Gasteiger partial charge in [0.1, 0.15) is 11.5 Å². The fourth-order valence-corrected chi connectivity index (χ4v) is 3.64. The minimum atomic E-state index is -2.89. The number of carbonyl (C=O) groups excluding carboxylic acids is 2. The summed E-state index contributed by atoms with van der Waals surface area (Å²) in [7, 11) is 1.69. The lowest BCUT2D eigenvalue weighted by atomic mass is 10.1. The van der Waals surface area contributed by atoms with Gasteiger partial charge in [-0.2, -0.15) is 0 Å². The Kier molecular flexibility index (Phi) is 6.07. The van der Waals surface area contributed by atoms with Gasteiger partial charge in [0.15, 0.2) is 5.82 Å². The molecule has 0 aliphatic carbocycles. The summed E-state index contributed by atoms with van der Waals surface area (Å²) >= 11 is 1.11. The summed E-state index contributed by atoms with van der Waals surface area (Å²) in [5, 5.41) is 0. The first-order valence-electron chi connectivity index (χ1n) is 9.56. The smallest absolute Gasteiger partial charge is 0.410 e. The summed E-state index contributed by atoms with van der Waals surface area (Å²) in [6, 6.07) is 9.26. The molecule has 0 saturated carbocycles. The number of halogens is 3. The summed E-state index contributed by atoms with van der Waals surface area (Å²) < 4.78 is 56.5. The number of nitrogens with zero attached hydrogens (tertiary/aromatic N) is 2. The van der Waals surface area contributed by atoms with E-state index >= 15 is 0 Å². The molecular formula is C20H19F3N4O4S. The Labute approximate surface area is 185 Å². The van der Waals surface area contributed by atoms with E-state index in [4.69, 9.17) is 9.47 Å². The van der Waals surface area contributed by atoms with E-state index in [0.717, 1.165) is 17.0 Å². The Morgan fingerprint density at radius 1 is 1.28 bits per heavy atom. The van der Waals surface area contributed by atoms with Gasteiger partial charge in [0.05, 0.1) is 31.9 Å². The number of fused-ring (bicyclic) bond motifs is 1. The second kappa shape index (κ2) is 8.79. The molecule has 0 aromatic heterocycles. The van der Waals surface area contributed by atoms with Crippen LogP contribution in [0.2, 0.25) is 0 Å². The van der Waals surface area contributed by atoms with Crippen molar-refractivity contribution < 1.29 is 32.2 Å². The highest BCUT2D eigenvalue weighted by molar-refractivity contribution is 7.98. The van der Waals surface area contributed by atoms with Crippen LogP contribution < -0.4 is 18.9 Å². The third-order valence-corrected chi connectivity index (χ3v) is 5.39. The molecule has 32 heavy (non-hydrogen) atoms. The van der Waals surface area contributed by atoms with Crippen molar-refractivity contribution in [1.82, 2.24) is 14.5 Å². The maximum Gasteiger partial charge on any atom is 0.415 e. The lowest BCUT2D eigenvalue weighted by Gasteiger charge is -2.37. The van der Waals surface area contributed by atoms with E-state index in [-0.39, 0.29) is 30.3 Å². The van der Waals surface area contributed by atoms with Gasteiger partial charge in [0.2, 0.25) is 0 Å². The highest BCUT2D eigenvalue weighted by Gasteiger charge is 2.47. The van der Waals surface area contributed by atoms with E-state index in [9.17, 15) is 22.8 Å². The molecule has 1 fully saturated rings. The maximum absolute atomic E-state index is 14.7. The number of rotatable bonds is 6. The summed E-state index contributed by atoms with van der Waals surface area (Å²) in [6.07, 6.45) is -1.59. The van der Waals surface area contributed by atoms with Gasteiger partial charge >= 0.3 is 12.2 Å². The first kappa shape index (κ1) is 22.1. The van der Waals surface area contributed by atoms with Crippen molar-refractivity contribution in [3.05, 3.63) is 53.3 Å². The quantitative estimate of drug-likeness (QED) is 0.621. The number of hydrogen-bond donors (Lipinski definition) is 2. The molecule has 2 amide bonds. The lowest BCUT2D eigenvalue weighted by molar-refractivity contribution is -0.115. The molecule has 2 aliphatic rings. The fraction of sp³-hybridized carbons (Fsp3) is 0.300. The average molecular weight is 468 g/mol. The number of likely N-dealkylation sites (tertiary alicyclic amines) is 1. The highest BCUT2D eigenvalue weighted by Crippen LogP contribution is 2.33. The summed E-state index contributed by atoms with van der Waals surface area (Å²) in [5.41, 5.74) is 1.21. The van der Waals surface area contributed by atoms with Gasteiger partial charge in [-0.3, -0.25) is 9.80 Å². The molecule has 170 valence electrons. The van der Waals surface area contributed by atoms with Crippen LogP contribution in [0, 0.1) is 5.82 Å². The molecule has 8 nitrogen and oxygen atoms in total. The molecular weight excluding hydrogens is 449 g/mol. The van der Waals surface area contributed by atoms with Gasteiger partial charge in [0, 0.05) is 29.3 Å². The van der Waals surface area contributed by atoms with Crippen molar-refractivity contribution in [2.45, 2.75) is 19.0 Å². The molecule has 0 unspecified atom stereocenters. The Hall–Kier alpha value is -3.12. The number of carbonyl (C=O) groups is 2. The van der Waals surface area contributed by atoms with Crippen molar-refractivity contribution in [2.75, 3.05) is 24.9 Å². The topological polar surface area (TPSA) is 83.1 Å². The van der Waals surface area contributed by atoms with Crippen LogP contribution in [0.3, 0.4) is 0 Å². The predicted molar refractivity (Wildman–Crippen MR) is 111 cm³/mol. The first-order valence-corrected chi connectivity index (χ1v) is 10.4. The lowest BCUT2D eigenvalue weighted by Crippen LogP contribution is -2.59. The molecule has 2 N–H and O–H groups in total. The summed E-state index contributed by atoms with van der Waals surface area (Å²) in [5.74, 6) is -3.12. The Morgan fingerprint density at radius 2 is 2.06 bits per heavy atom. The minimum Gasteiger partial charge on any atom is -0.410 e. The molecule has 1 saturated heterocycles. The monoisotopic (exact) mass is 468 g/mol. The molecule has 2 aliphatic heterocycles. The number of ether oxygens (including phenoxy) is 2. The van der Waals surface area contributed by atoms with Crippen molar-refractivity contribution in [2.24, 2.45) is 0 Å². The van der Waals surface area contributed by atoms with Crippen molar-refractivity contribution in [3.63, 3.8) is 0 Å². The van der Waals surface area contributed by atoms with Gasteiger partial charge in [0.25, 0.3) is 5.92 Å². The Bertz CT molecular complexity index is 1050. The average Bonchev–Trinajstić information content (AvgIpc) is 2.73. The standard InChI is InChI=1S/C20H19F3N4O4S/c1-24-32-25-15-4-2-3-13(17(15)21)9-26-8-12-5-6-14(7-16(12)31-18(26)28)30-19(29)27-10-20(22,23)11-27/h2-7,24-25H,8-11H2,1H3. The van der Waals surface area contributed by atoms with Crippen molar-refractivity contribution in [3.8, 4) is 11.5 Å². The van der Waals surface area contributed by atoms with E-state index in [1.165, 1.54) is 17.0 Å². The second-order valence-corrected chi connectivity index (χ2v) is 8.08. The van der Waals surface area contributed by atoms with Crippen LogP contribution in [0.5, 0.6) is 11.5 Å². The third-order valence-electron chi connectivity index (χ3n) is 4.87. The van der Waals surface area contributed by atoms with E-state index in [2.05, 4.69) is 9.44 Å². The number of nitrogens with one attached hydrogen (secondary N) is 2. The summed E-state index contributed by atoms with van der Waals surface area (Å²) in [6.45, 7) is -1.24. The van der Waals surface area contributed by atoms with Crippen LogP contribution in [0.15, 0.2) is 36.4 Å². The maximum atomic E-state index is 14.7. The number of anilines is 1. The van der Waals surface area contributed by atoms with E-state index in [1.54, 1.807) is 31.3 Å². The van der Waals surface area contributed by atoms with E-state index in [1.807, 2.05) is 0 Å². The zero-order valence-electron chi connectivity index (χ0n) is 16.9. The van der Waals surface area contributed by atoms with Gasteiger partial charge in [-0.05, 0) is 25.2 Å². The van der Waals surface area contributed by atoms with Crippen LogP contribution in [0.25, 0.3) is 0 Å². The molecule has 0 spiro atoms. The molecule has 12 heteroatoms. The predicted octanol–water partition coefficient (Wildman–Crippen LogP) is 3.98. The highest BCUT2D eigenvalue weighted by atomic mass is 32.2. The van der Waals surface area contributed by atoms with Crippen LogP contribution >= 0.6 is 12.1 Å². The Balaban J connectivity index is 1.42. The third kappa shape index (κ3) is 4.70. The van der Waals surface area contributed by atoms with Crippen LogP contribution in [0.1, 0.15) is 11.1 Å². The summed E-state index contributed by atoms with van der Waals surface area (Å²) in [4.78, 5) is 26.6. The zero-order valence-corrected chi connectivity index (χ0v) is 17.7. The van der Waals surface area contributed by atoms with E-state index in [0.29, 0.717) is 11.1 Å². The second-order valence-electron chi connectivity index (χ2n) is 7.26. The minimum absolute atomic E-state index is 0.0102. The number of hydrogen-bond acceptors (Lipinski definition) is 7. The van der Waals surface area contributed by atoms with Gasteiger partial charge in [-0.15, -0.1) is 0 Å². The normalized spacial score (nSPS) is 16.7. The molecule has 2 aromatic rings. The number of benzene rings is 2. The fourth-order valence-electron chi connectivity index (χ4n) is 3.27. The molecule has 0 radical (unpaired) electrons.